The predicted octanol–water partition coefficient (Wildman–Crippen LogP) is 2.61. The Balaban J connectivity index is 1.87. The fourth-order valence-electron chi connectivity index (χ4n) is 3.34. The first-order valence-corrected chi connectivity index (χ1v) is 8.54. The Morgan fingerprint density at radius 2 is 2.08 bits per heavy atom. The van der Waals surface area contributed by atoms with Crippen molar-refractivity contribution in [1.29, 1.82) is 0 Å². The predicted molar refractivity (Wildman–Crippen MR) is 87.1 cm³/mol. The number of piperidine rings is 1. The number of nitrogens with zero attached hydrogens (tertiary/aromatic N) is 1. The van der Waals surface area contributed by atoms with Crippen LogP contribution < -0.4 is 4.74 Å². The van der Waals surface area contributed by atoms with E-state index in [4.69, 9.17) is 14.2 Å². The van der Waals surface area contributed by atoms with Gasteiger partial charge >= 0.3 is 5.97 Å². The highest BCUT2D eigenvalue weighted by Crippen LogP contribution is 2.32. The fraction of sp³-hybridized carbons (Fsp3) is 0.556. The molecule has 2 aliphatic heterocycles. The van der Waals surface area contributed by atoms with Gasteiger partial charge in [-0.2, -0.15) is 0 Å². The molecule has 0 N–H and O–H groups in total. The Labute approximate surface area is 141 Å². The van der Waals surface area contributed by atoms with Gasteiger partial charge in [-0.15, -0.1) is 0 Å². The summed E-state index contributed by atoms with van der Waals surface area (Å²) in [6, 6.07) is 5.04. The number of carbonyl (C=O) groups is 2. The van der Waals surface area contributed by atoms with E-state index < -0.39 is 5.97 Å². The van der Waals surface area contributed by atoms with Crippen LogP contribution in [0, 0.1) is 0 Å². The lowest BCUT2D eigenvalue weighted by atomic mass is 10.0. The summed E-state index contributed by atoms with van der Waals surface area (Å²) in [4.78, 5) is 26.7. The Morgan fingerprint density at radius 3 is 2.79 bits per heavy atom. The SMILES string of the molecule is CCOC(=O)c1ccc(C(=O)N2C3CCCC2OC3)cc1OCC. The van der Waals surface area contributed by atoms with Crippen molar-refractivity contribution in [3.05, 3.63) is 29.3 Å². The smallest absolute Gasteiger partial charge is 0.341 e. The highest BCUT2D eigenvalue weighted by atomic mass is 16.5. The summed E-state index contributed by atoms with van der Waals surface area (Å²) in [6.45, 7) is 4.89. The highest BCUT2D eigenvalue weighted by molar-refractivity contribution is 5.98. The van der Waals surface area contributed by atoms with Gasteiger partial charge in [-0.05, 0) is 51.3 Å². The minimum atomic E-state index is -0.443. The maximum atomic E-state index is 12.9. The summed E-state index contributed by atoms with van der Waals surface area (Å²) in [5, 5.41) is 0. The number of carbonyl (C=O) groups excluding carboxylic acids is 2. The van der Waals surface area contributed by atoms with Crippen molar-refractivity contribution in [2.24, 2.45) is 0 Å². The molecule has 6 nitrogen and oxygen atoms in total. The molecule has 1 aromatic carbocycles. The minimum absolute atomic E-state index is 0.0708. The average Bonchev–Trinajstić information content (AvgIpc) is 2.83. The highest BCUT2D eigenvalue weighted by Gasteiger charge is 2.41. The largest absolute Gasteiger partial charge is 0.493 e. The van der Waals surface area contributed by atoms with Crippen LogP contribution in [0.4, 0.5) is 0 Å². The van der Waals surface area contributed by atoms with Crippen molar-refractivity contribution in [2.75, 3.05) is 19.8 Å². The van der Waals surface area contributed by atoms with Gasteiger partial charge in [0.2, 0.25) is 0 Å². The van der Waals surface area contributed by atoms with E-state index in [-0.39, 0.29) is 18.2 Å². The molecular formula is C18H23NO5. The van der Waals surface area contributed by atoms with E-state index in [9.17, 15) is 9.59 Å². The molecule has 0 saturated carbocycles. The molecular weight excluding hydrogens is 310 g/mol. The normalized spacial score (nSPS) is 22.3. The summed E-state index contributed by atoms with van der Waals surface area (Å²) < 4.78 is 16.3. The third-order valence-corrected chi connectivity index (χ3v) is 4.43. The summed E-state index contributed by atoms with van der Waals surface area (Å²) in [6.07, 6.45) is 2.81. The number of hydrogen-bond acceptors (Lipinski definition) is 5. The Bertz CT molecular complexity index is 614. The van der Waals surface area contributed by atoms with Crippen LogP contribution in [0.5, 0.6) is 5.75 Å². The van der Waals surface area contributed by atoms with E-state index in [2.05, 4.69) is 0 Å². The molecule has 2 aliphatic rings. The third kappa shape index (κ3) is 3.11. The molecule has 24 heavy (non-hydrogen) atoms. The number of ether oxygens (including phenoxy) is 3. The van der Waals surface area contributed by atoms with Crippen molar-refractivity contribution < 1.29 is 23.8 Å². The quantitative estimate of drug-likeness (QED) is 0.775. The van der Waals surface area contributed by atoms with Crippen LogP contribution in [0.1, 0.15) is 53.8 Å². The first-order valence-electron chi connectivity index (χ1n) is 8.54. The molecule has 2 saturated heterocycles. The van der Waals surface area contributed by atoms with Crippen LogP contribution in [0.15, 0.2) is 18.2 Å². The first-order chi connectivity index (χ1) is 11.7. The minimum Gasteiger partial charge on any atom is -0.493 e. The second-order valence-corrected chi connectivity index (χ2v) is 5.95. The second kappa shape index (κ2) is 7.21. The molecule has 130 valence electrons. The Kier molecular flexibility index (Phi) is 5.04. The standard InChI is InChI=1S/C18H23NO5/c1-3-22-15-10-12(8-9-14(15)18(21)23-4-2)17(20)19-13-6-5-7-16(19)24-11-13/h8-10,13,16H,3-7,11H2,1-2H3. The van der Waals surface area contributed by atoms with E-state index in [0.29, 0.717) is 36.7 Å². The van der Waals surface area contributed by atoms with Crippen molar-refractivity contribution >= 4 is 11.9 Å². The summed E-state index contributed by atoms with van der Waals surface area (Å²) in [5.74, 6) is -0.132. The van der Waals surface area contributed by atoms with Crippen LogP contribution in [0.25, 0.3) is 0 Å². The summed E-state index contributed by atoms with van der Waals surface area (Å²) in [5.41, 5.74) is 0.849. The van der Waals surface area contributed by atoms with Gasteiger partial charge in [0.05, 0.1) is 25.9 Å². The van der Waals surface area contributed by atoms with Crippen molar-refractivity contribution in [2.45, 2.75) is 45.4 Å². The zero-order valence-corrected chi connectivity index (χ0v) is 14.1. The lowest BCUT2D eigenvalue weighted by molar-refractivity contribution is 0.0123. The molecule has 1 aromatic rings. The fourth-order valence-corrected chi connectivity index (χ4v) is 3.34. The van der Waals surface area contributed by atoms with Gasteiger partial charge < -0.3 is 19.1 Å². The van der Waals surface area contributed by atoms with Gasteiger partial charge in [0.1, 0.15) is 17.5 Å². The van der Waals surface area contributed by atoms with Gasteiger partial charge in [-0.3, -0.25) is 4.79 Å². The number of fused-ring (bicyclic) bond motifs is 2. The molecule has 0 radical (unpaired) electrons. The lowest BCUT2D eigenvalue weighted by Crippen LogP contribution is -2.44. The van der Waals surface area contributed by atoms with Gasteiger partial charge in [0, 0.05) is 5.56 Å². The van der Waals surface area contributed by atoms with E-state index in [0.717, 1.165) is 19.3 Å². The summed E-state index contributed by atoms with van der Waals surface area (Å²) in [7, 11) is 0. The van der Waals surface area contributed by atoms with Crippen LogP contribution in [0.3, 0.4) is 0 Å². The van der Waals surface area contributed by atoms with E-state index in [1.54, 1.807) is 25.1 Å². The van der Waals surface area contributed by atoms with Crippen LogP contribution in [-0.4, -0.2) is 48.9 Å². The molecule has 2 atom stereocenters. The Hall–Kier alpha value is -2.08. The molecule has 6 heteroatoms. The molecule has 2 unspecified atom stereocenters. The van der Waals surface area contributed by atoms with Crippen LogP contribution in [0.2, 0.25) is 0 Å². The van der Waals surface area contributed by atoms with Crippen molar-refractivity contribution in [1.82, 2.24) is 4.90 Å². The molecule has 2 heterocycles. The monoisotopic (exact) mass is 333 g/mol. The Morgan fingerprint density at radius 1 is 1.25 bits per heavy atom. The van der Waals surface area contributed by atoms with Crippen molar-refractivity contribution in [3.63, 3.8) is 0 Å². The molecule has 0 spiro atoms. The zero-order valence-electron chi connectivity index (χ0n) is 14.1. The topological polar surface area (TPSA) is 65.1 Å². The van der Waals surface area contributed by atoms with Crippen LogP contribution >= 0.6 is 0 Å². The molecule has 1 amide bonds. The lowest BCUT2D eigenvalue weighted by Gasteiger charge is -2.32. The molecule has 3 rings (SSSR count). The number of amides is 1. The van der Waals surface area contributed by atoms with Gasteiger partial charge in [0.15, 0.2) is 0 Å². The maximum Gasteiger partial charge on any atom is 0.341 e. The molecule has 2 bridgehead atoms. The van der Waals surface area contributed by atoms with E-state index in [1.165, 1.54) is 0 Å². The van der Waals surface area contributed by atoms with Gasteiger partial charge in [-0.1, -0.05) is 0 Å². The zero-order chi connectivity index (χ0) is 17.1. The number of rotatable bonds is 5. The summed E-state index contributed by atoms with van der Waals surface area (Å²) >= 11 is 0. The van der Waals surface area contributed by atoms with Gasteiger partial charge in [-0.25, -0.2) is 4.79 Å². The van der Waals surface area contributed by atoms with E-state index in [1.807, 2.05) is 11.8 Å². The number of esters is 1. The van der Waals surface area contributed by atoms with Crippen molar-refractivity contribution in [3.8, 4) is 5.75 Å². The molecule has 2 fully saturated rings. The molecule has 0 aliphatic carbocycles. The third-order valence-electron chi connectivity index (χ3n) is 4.43. The first kappa shape index (κ1) is 16.8. The number of benzene rings is 1. The van der Waals surface area contributed by atoms with Crippen LogP contribution in [-0.2, 0) is 9.47 Å². The molecule has 0 aromatic heterocycles. The maximum absolute atomic E-state index is 12.9. The second-order valence-electron chi connectivity index (χ2n) is 5.95. The van der Waals surface area contributed by atoms with E-state index >= 15 is 0 Å². The average molecular weight is 333 g/mol. The van der Waals surface area contributed by atoms with Gasteiger partial charge in [0.25, 0.3) is 5.91 Å². The number of hydrogen-bond donors (Lipinski definition) is 0.